The normalized spacial score (nSPS) is 14.8. The minimum absolute atomic E-state index is 0.531. The average Bonchev–Trinajstić information content (AvgIpc) is 2.28. The largest absolute Gasteiger partial charge is 0.390 e. The van der Waals surface area contributed by atoms with Gasteiger partial charge in [-0.25, -0.2) is 0 Å². The molecule has 0 aliphatic carbocycles. The van der Waals surface area contributed by atoms with Crippen LogP contribution in [0.4, 0.5) is 0 Å². The van der Waals surface area contributed by atoms with Gasteiger partial charge in [-0.15, -0.1) is 0 Å². The molecule has 3 nitrogen and oxygen atoms in total. The lowest BCUT2D eigenvalue weighted by Gasteiger charge is -2.20. The van der Waals surface area contributed by atoms with Crippen molar-refractivity contribution in [2.75, 3.05) is 13.6 Å². The quantitative estimate of drug-likeness (QED) is 0.774. The molecule has 0 spiro atoms. The van der Waals surface area contributed by atoms with Crippen LogP contribution in [0.1, 0.15) is 23.7 Å². The van der Waals surface area contributed by atoms with Crippen LogP contribution in [-0.4, -0.2) is 29.9 Å². The highest BCUT2D eigenvalue weighted by molar-refractivity contribution is 9.10. The molecule has 0 aliphatic heterocycles. The molecule has 3 N–H and O–H groups in total. The summed E-state index contributed by atoms with van der Waals surface area (Å²) >= 11 is 3.36. The van der Waals surface area contributed by atoms with E-state index >= 15 is 0 Å². The van der Waals surface area contributed by atoms with Gasteiger partial charge in [0.25, 0.3) is 0 Å². The first-order valence-corrected chi connectivity index (χ1v) is 6.12. The van der Waals surface area contributed by atoms with Gasteiger partial charge < -0.3 is 15.5 Å². The van der Waals surface area contributed by atoms with Gasteiger partial charge in [-0.05, 0) is 50.2 Å². The number of halogens is 1. The fraction of sp³-hybridized carbons (Fsp3) is 0.500. The van der Waals surface area contributed by atoms with E-state index in [1.807, 2.05) is 32.2 Å². The summed E-state index contributed by atoms with van der Waals surface area (Å²) in [5, 5.41) is 22.8. The monoisotopic (exact) mass is 287 g/mol. The lowest BCUT2D eigenvalue weighted by Crippen LogP contribution is -2.23. The molecule has 1 aromatic rings. The number of aliphatic hydroxyl groups is 2. The summed E-state index contributed by atoms with van der Waals surface area (Å²) in [4.78, 5) is 0. The van der Waals surface area contributed by atoms with Crippen LogP contribution in [0.25, 0.3) is 0 Å². The molecule has 4 heteroatoms. The summed E-state index contributed by atoms with van der Waals surface area (Å²) < 4.78 is 0.910. The average molecular weight is 288 g/mol. The number of hydrogen-bond acceptors (Lipinski definition) is 3. The Morgan fingerprint density at radius 3 is 2.69 bits per heavy atom. The molecule has 0 aromatic heterocycles. The first kappa shape index (κ1) is 13.6. The predicted molar refractivity (Wildman–Crippen MR) is 68.4 cm³/mol. The van der Waals surface area contributed by atoms with Crippen molar-refractivity contribution in [3.8, 4) is 0 Å². The SMILES string of the molecule is CNCCC(O)C(O)c1cc(Br)ccc1C. The van der Waals surface area contributed by atoms with Crippen molar-refractivity contribution in [1.82, 2.24) is 5.32 Å². The predicted octanol–water partition coefficient (Wildman–Crippen LogP) is 1.76. The number of benzene rings is 1. The van der Waals surface area contributed by atoms with Crippen molar-refractivity contribution < 1.29 is 10.2 Å². The molecular weight excluding hydrogens is 270 g/mol. The summed E-state index contributed by atoms with van der Waals surface area (Å²) in [6.07, 6.45) is -1.03. The number of rotatable bonds is 5. The topological polar surface area (TPSA) is 52.5 Å². The van der Waals surface area contributed by atoms with E-state index in [0.717, 1.165) is 15.6 Å². The molecule has 1 aromatic carbocycles. The Labute approximate surface area is 105 Å². The summed E-state index contributed by atoms with van der Waals surface area (Å²) in [5.74, 6) is 0. The third-order valence-electron chi connectivity index (χ3n) is 2.61. The summed E-state index contributed by atoms with van der Waals surface area (Å²) in [6.45, 7) is 2.61. The Morgan fingerprint density at radius 1 is 1.38 bits per heavy atom. The van der Waals surface area contributed by atoms with Gasteiger partial charge in [0.1, 0.15) is 6.10 Å². The smallest absolute Gasteiger partial charge is 0.105 e. The van der Waals surface area contributed by atoms with Crippen LogP contribution in [0.5, 0.6) is 0 Å². The highest BCUT2D eigenvalue weighted by atomic mass is 79.9. The lowest BCUT2D eigenvalue weighted by molar-refractivity contribution is 0.0136. The molecule has 0 saturated carbocycles. The Bertz CT molecular complexity index is 344. The van der Waals surface area contributed by atoms with Crippen LogP contribution in [0.15, 0.2) is 22.7 Å². The maximum absolute atomic E-state index is 10.0. The van der Waals surface area contributed by atoms with Crippen LogP contribution < -0.4 is 5.32 Å². The highest BCUT2D eigenvalue weighted by Crippen LogP contribution is 2.25. The van der Waals surface area contributed by atoms with E-state index in [1.165, 1.54) is 0 Å². The van der Waals surface area contributed by atoms with Crippen LogP contribution in [0.2, 0.25) is 0 Å². The summed E-state index contributed by atoms with van der Waals surface area (Å²) in [6, 6.07) is 5.70. The van der Waals surface area contributed by atoms with Crippen LogP contribution in [-0.2, 0) is 0 Å². The van der Waals surface area contributed by atoms with Gasteiger partial charge in [0.15, 0.2) is 0 Å². The Balaban J connectivity index is 2.78. The summed E-state index contributed by atoms with van der Waals surface area (Å²) in [5.41, 5.74) is 1.76. The van der Waals surface area contributed by atoms with Crippen molar-refractivity contribution in [1.29, 1.82) is 0 Å². The van der Waals surface area contributed by atoms with Crippen molar-refractivity contribution in [2.45, 2.75) is 25.6 Å². The molecule has 0 aliphatic rings. The molecule has 2 atom stereocenters. The Kier molecular flexibility index (Phi) is 5.41. The molecule has 2 unspecified atom stereocenters. The van der Waals surface area contributed by atoms with Crippen molar-refractivity contribution >= 4 is 15.9 Å². The van der Waals surface area contributed by atoms with E-state index in [2.05, 4.69) is 21.2 Å². The molecule has 0 amide bonds. The fourth-order valence-corrected chi connectivity index (χ4v) is 1.97. The first-order valence-electron chi connectivity index (χ1n) is 5.33. The number of hydrogen-bond donors (Lipinski definition) is 3. The van der Waals surface area contributed by atoms with Crippen molar-refractivity contribution in [2.24, 2.45) is 0 Å². The zero-order chi connectivity index (χ0) is 12.1. The van der Waals surface area contributed by atoms with Crippen LogP contribution >= 0.6 is 15.9 Å². The Hall–Kier alpha value is -0.420. The Morgan fingerprint density at radius 2 is 2.06 bits per heavy atom. The third kappa shape index (κ3) is 3.56. The van der Waals surface area contributed by atoms with Gasteiger partial charge in [-0.1, -0.05) is 22.0 Å². The minimum atomic E-state index is -0.828. The van der Waals surface area contributed by atoms with E-state index in [4.69, 9.17) is 0 Å². The van der Waals surface area contributed by atoms with Crippen molar-refractivity contribution in [3.05, 3.63) is 33.8 Å². The standard InChI is InChI=1S/C12H18BrNO2/c1-8-3-4-9(13)7-10(8)12(16)11(15)5-6-14-2/h3-4,7,11-12,14-16H,5-6H2,1-2H3. The molecule has 1 rings (SSSR count). The van der Waals surface area contributed by atoms with E-state index in [1.54, 1.807) is 0 Å². The molecule has 0 heterocycles. The van der Waals surface area contributed by atoms with Gasteiger partial charge in [0, 0.05) is 4.47 Å². The zero-order valence-electron chi connectivity index (χ0n) is 9.57. The van der Waals surface area contributed by atoms with Gasteiger partial charge in [0.2, 0.25) is 0 Å². The van der Waals surface area contributed by atoms with Gasteiger partial charge >= 0.3 is 0 Å². The number of aryl methyl sites for hydroxylation is 1. The molecule has 0 radical (unpaired) electrons. The molecular formula is C12H18BrNO2. The highest BCUT2D eigenvalue weighted by Gasteiger charge is 2.19. The van der Waals surface area contributed by atoms with Gasteiger partial charge in [-0.3, -0.25) is 0 Å². The lowest BCUT2D eigenvalue weighted by atomic mass is 9.98. The maximum atomic E-state index is 10.0. The second-order valence-electron chi connectivity index (χ2n) is 3.91. The molecule has 16 heavy (non-hydrogen) atoms. The van der Waals surface area contributed by atoms with Gasteiger partial charge in [-0.2, -0.15) is 0 Å². The molecule has 90 valence electrons. The van der Waals surface area contributed by atoms with E-state index in [0.29, 0.717) is 13.0 Å². The number of aliphatic hydroxyl groups excluding tert-OH is 2. The summed E-state index contributed by atoms with van der Waals surface area (Å²) in [7, 11) is 1.82. The first-order chi connectivity index (χ1) is 7.56. The second-order valence-corrected chi connectivity index (χ2v) is 4.82. The van der Waals surface area contributed by atoms with E-state index in [-0.39, 0.29) is 0 Å². The third-order valence-corrected chi connectivity index (χ3v) is 3.11. The molecule has 0 fully saturated rings. The second kappa shape index (κ2) is 6.35. The fourth-order valence-electron chi connectivity index (χ4n) is 1.59. The number of nitrogens with one attached hydrogen (secondary N) is 1. The minimum Gasteiger partial charge on any atom is -0.390 e. The molecule has 0 saturated heterocycles. The van der Waals surface area contributed by atoms with Crippen molar-refractivity contribution in [3.63, 3.8) is 0 Å². The van der Waals surface area contributed by atoms with E-state index < -0.39 is 12.2 Å². The molecule has 0 bridgehead atoms. The maximum Gasteiger partial charge on any atom is 0.105 e. The van der Waals surface area contributed by atoms with Crippen LogP contribution in [0.3, 0.4) is 0 Å². The van der Waals surface area contributed by atoms with Gasteiger partial charge in [0.05, 0.1) is 6.10 Å². The van der Waals surface area contributed by atoms with Crippen LogP contribution in [0, 0.1) is 6.92 Å². The zero-order valence-corrected chi connectivity index (χ0v) is 11.2. The van der Waals surface area contributed by atoms with E-state index in [9.17, 15) is 10.2 Å².